The Balaban J connectivity index is 1.35. The number of hydrogen-bond acceptors (Lipinski definition) is 8. The highest BCUT2D eigenvalue weighted by Crippen LogP contribution is 2.25. The quantitative estimate of drug-likeness (QED) is 0.267. The molecule has 0 aliphatic heterocycles. The molecule has 2 heterocycles. The Morgan fingerprint density at radius 2 is 1.69 bits per heavy atom. The minimum Gasteiger partial charge on any atom is -0.422 e. The number of amides is 1. The third kappa shape index (κ3) is 4.38. The number of sulfone groups is 1. The first kappa shape index (κ1) is 23.4. The van der Waals surface area contributed by atoms with Crippen molar-refractivity contribution in [1.82, 2.24) is 10.2 Å². The fraction of sp³-hybridized carbons (Fsp3) is 0.154. The van der Waals surface area contributed by atoms with E-state index in [9.17, 15) is 18.0 Å². The molecule has 5 aromatic rings. The zero-order valence-corrected chi connectivity index (χ0v) is 20.2. The van der Waals surface area contributed by atoms with Gasteiger partial charge in [-0.3, -0.25) is 10.1 Å². The van der Waals surface area contributed by atoms with Gasteiger partial charge < -0.3 is 8.83 Å². The Morgan fingerprint density at radius 3 is 2.44 bits per heavy atom. The first-order valence-corrected chi connectivity index (χ1v) is 12.7. The maximum atomic E-state index is 12.8. The third-order valence-electron chi connectivity index (χ3n) is 5.80. The van der Waals surface area contributed by atoms with Crippen LogP contribution in [0, 0.1) is 0 Å². The van der Waals surface area contributed by atoms with Crippen molar-refractivity contribution in [3.63, 3.8) is 0 Å². The van der Waals surface area contributed by atoms with Crippen LogP contribution in [0.2, 0.25) is 0 Å². The Hall–Kier alpha value is -4.31. The van der Waals surface area contributed by atoms with E-state index in [1.807, 2.05) is 30.3 Å². The van der Waals surface area contributed by atoms with E-state index in [2.05, 4.69) is 15.5 Å². The van der Waals surface area contributed by atoms with Gasteiger partial charge in [-0.2, -0.15) is 0 Å². The second-order valence-electron chi connectivity index (χ2n) is 8.52. The van der Waals surface area contributed by atoms with Crippen molar-refractivity contribution in [2.45, 2.75) is 30.4 Å². The first-order valence-electron chi connectivity index (χ1n) is 11.1. The highest BCUT2D eigenvalue weighted by atomic mass is 32.2. The van der Waals surface area contributed by atoms with Crippen molar-refractivity contribution in [1.29, 1.82) is 0 Å². The maximum Gasteiger partial charge on any atom is 0.349 e. The largest absolute Gasteiger partial charge is 0.422 e. The average molecular weight is 504 g/mol. The van der Waals surface area contributed by atoms with Gasteiger partial charge in [-0.05, 0) is 54.4 Å². The van der Waals surface area contributed by atoms with Crippen LogP contribution in [-0.2, 0) is 16.3 Å². The zero-order valence-electron chi connectivity index (χ0n) is 19.4. The lowest BCUT2D eigenvalue weighted by molar-refractivity contribution is 0.102. The molecule has 0 saturated heterocycles. The minimum atomic E-state index is -3.36. The van der Waals surface area contributed by atoms with E-state index in [1.54, 1.807) is 32.0 Å². The highest BCUT2D eigenvalue weighted by Gasteiger charge is 2.20. The van der Waals surface area contributed by atoms with Gasteiger partial charge in [-0.1, -0.05) is 47.6 Å². The molecule has 0 bridgehead atoms. The lowest BCUT2D eigenvalue weighted by Crippen LogP contribution is -2.20. The number of hydrogen-bond donors (Lipinski definition) is 1. The van der Waals surface area contributed by atoms with Crippen molar-refractivity contribution in [3.8, 4) is 0 Å². The summed E-state index contributed by atoms with van der Waals surface area (Å²) in [5, 5.41) is 12.1. The lowest BCUT2D eigenvalue weighted by atomic mass is 10.0. The molecular weight excluding hydrogens is 482 g/mol. The molecule has 0 atom stereocenters. The summed E-state index contributed by atoms with van der Waals surface area (Å²) < 4.78 is 35.4. The van der Waals surface area contributed by atoms with Crippen LogP contribution in [0.4, 0.5) is 6.01 Å². The van der Waals surface area contributed by atoms with Gasteiger partial charge in [0, 0.05) is 5.39 Å². The van der Waals surface area contributed by atoms with Crippen LogP contribution in [-0.4, -0.2) is 29.8 Å². The minimum absolute atomic E-state index is 0.175. The number of carbonyl (C=O) groups excluding carboxylic acids is 1. The van der Waals surface area contributed by atoms with E-state index in [-0.39, 0.29) is 28.8 Å². The van der Waals surface area contributed by atoms with E-state index < -0.39 is 26.6 Å². The van der Waals surface area contributed by atoms with Crippen LogP contribution < -0.4 is 10.9 Å². The van der Waals surface area contributed by atoms with Crippen LogP contribution in [0.15, 0.2) is 85.3 Å². The normalized spacial score (nSPS) is 11.9. The average Bonchev–Trinajstić information content (AvgIpc) is 3.30. The fourth-order valence-electron chi connectivity index (χ4n) is 3.81. The van der Waals surface area contributed by atoms with Gasteiger partial charge in [-0.15, -0.1) is 5.10 Å². The number of carbonyl (C=O) groups is 1. The Labute approximate surface area is 205 Å². The maximum absolute atomic E-state index is 12.8. The molecule has 5 rings (SSSR count). The molecule has 1 N–H and O–H groups in total. The number of anilines is 1. The molecule has 0 aliphatic rings. The van der Waals surface area contributed by atoms with Crippen molar-refractivity contribution in [3.05, 3.63) is 94.2 Å². The molecule has 0 saturated carbocycles. The van der Waals surface area contributed by atoms with Gasteiger partial charge in [0.15, 0.2) is 9.84 Å². The fourth-order valence-corrected chi connectivity index (χ4v) is 4.87. The van der Waals surface area contributed by atoms with E-state index in [0.717, 1.165) is 16.3 Å². The molecule has 0 aliphatic carbocycles. The number of nitrogens with one attached hydrogen (secondary N) is 1. The van der Waals surface area contributed by atoms with Crippen molar-refractivity contribution in [2.24, 2.45) is 0 Å². The molecular formula is C26H21N3O6S. The number of nitrogens with zero attached hydrogens (tertiary/aromatic N) is 2. The Kier molecular flexibility index (Phi) is 5.89. The smallest absolute Gasteiger partial charge is 0.349 e. The zero-order chi connectivity index (χ0) is 25.4. The van der Waals surface area contributed by atoms with Crippen molar-refractivity contribution >= 4 is 43.5 Å². The van der Waals surface area contributed by atoms with Gasteiger partial charge >= 0.3 is 11.6 Å². The summed E-state index contributed by atoms with van der Waals surface area (Å²) in [6, 6.07) is 18.8. The SMILES string of the molecule is CC(C)S(=O)(=O)c1ccc(Cc2nnc(NC(=O)c3cc4c(ccc5ccccc54)oc3=O)o2)cc1. The molecule has 36 heavy (non-hydrogen) atoms. The molecule has 0 fully saturated rings. The highest BCUT2D eigenvalue weighted by molar-refractivity contribution is 7.92. The molecule has 3 aromatic carbocycles. The second-order valence-corrected chi connectivity index (χ2v) is 11.0. The van der Waals surface area contributed by atoms with E-state index in [1.165, 1.54) is 18.2 Å². The summed E-state index contributed by atoms with van der Waals surface area (Å²) in [4.78, 5) is 25.5. The van der Waals surface area contributed by atoms with Crippen LogP contribution in [0.1, 0.15) is 35.7 Å². The van der Waals surface area contributed by atoms with Crippen LogP contribution in [0.3, 0.4) is 0 Å². The van der Waals surface area contributed by atoms with Gasteiger partial charge in [0.25, 0.3) is 5.91 Å². The summed E-state index contributed by atoms with van der Waals surface area (Å²) in [5.74, 6) is -0.529. The molecule has 182 valence electrons. The number of benzene rings is 3. The predicted molar refractivity (Wildman–Crippen MR) is 134 cm³/mol. The molecule has 0 radical (unpaired) electrons. The molecule has 0 spiro atoms. The van der Waals surface area contributed by atoms with Crippen LogP contribution in [0.5, 0.6) is 0 Å². The van der Waals surface area contributed by atoms with Gasteiger partial charge in [0.05, 0.1) is 16.6 Å². The van der Waals surface area contributed by atoms with Crippen LogP contribution in [0.25, 0.3) is 21.7 Å². The van der Waals surface area contributed by atoms with E-state index in [0.29, 0.717) is 11.0 Å². The van der Waals surface area contributed by atoms with E-state index >= 15 is 0 Å². The number of fused-ring (bicyclic) bond motifs is 3. The summed E-state index contributed by atoms with van der Waals surface area (Å²) in [7, 11) is -3.36. The van der Waals surface area contributed by atoms with Gasteiger partial charge in [0.1, 0.15) is 11.1 Å². The summed E-state index contributed by atoms with van der Waals surface area (Å²) in [6.07, 6.45) is 0.231. The van der Waals surface area contributed by atoms with Crippen molar-refractivity contribution < 1.29 is 22.0 Å². The molecule has 0 unspecified atom stereocenters. The first-order chi connectivity index (χ1) is 17.2. The molecule has 1 amide bonds. The Morgan fingerprint density at radius 1 is 0.944 bits per heavy atom. The number of aromatic nitrogens is 2. The predicted octanol–water partition coefficient (Wildman–Crippen LogP) is 4.35. The van der Waals surface area contributed by atoms with Gasteiger partial charge in [-0.25, -0.2) is 13.2 Å². The molecule has 10 heteroatoms. The monoisotopic (exact) mass is 503 g/mol. The van der Waals surface area contributed by atoms with Crippen molar-refractivity contribution in [2.75, 3.05) is 5.32 Å². The summed E-state index contributed by atoms with van der Waals surface area (Å²) in [6.45, 7) is 3.25. The second kappa shape index (κ2) is 9.04. The summed E-state index contributed by atoms with van der Waals surface area (Å²) >= 11 is 0. The Bertz CT molecular complexity index is 1770. The molecule has 9 nitrogen and oxygen atoms in total. The lowest BCUT2D eigenvalue weighted by Gasteiger charge is -2.08. The van der Waals surface area contributed by atoms with Gasteiger partial charge in [0.2, 0.25) is 5.89 Å². The third-order valence-corrected chi connectivity index (χ3v) is 7.97. The molecule has 2 aromatic heterocycles. The number of rotatable bonds is 6. The standard InChI is InChI=1S/C26H21N3O6S/c1-15(2)36(32,33)18-10-7-16(8-11-18)13-23-28-29-26(35-23)27-24(30)21-14-20-19-6-4-3-5-17(19)9-12-22(20)34-25(21)31/h3-12,14-15H,13H2,1-2H3,(H,27,29,30). The van der Waals surface area contributed by atoms with Crippen LogP contribution >= 0.6 is 0 Å². The summed E-state index contributed by atoms with van der Waals surface area (Å²) in [5.41, 5.74) is 0.149. The topological polar surface area (TPSA) is 132 Å². The van der Waals surface area contributed by atoms with E-state index in [4.69, 9.17) is 8.83 Å².